The van der Waals surface area contributed by atoms with Gasteiger partial charge in [-0.15, -0.1) is 0 Å². The van der Waals surface area contributed by atoms with Crippen LogP contribution in [0.15, 0.2) is 162 Å². The predicted molar refractivity (Wildman–Crippen MR) is 193 cm³/mol. The molecule has 49 heavy (non-hydrogen) atoms. The Kier molecular flexibility index (Phi) is 6.98. The molecular weight excluding hydrogens is 605 g/mol. The third-order valence-corrected chi connectivity index (χ3v) is 8.47. The molecule has 4 aromatic carbocycles. The van der Waals surface area contributed by atoms with Gasteiger partial charge in [-0.3, -0.25) is 0 Å². The molecule has 0 aliphatic heterocycles. The summed E-state index contributed by atoms with van der Waals surface area (Å²) in [6, 6.07) is 48.2. The van der Waals surface area contributed by atoms with Gasteiger partial charge in [-0.05, 0) is 72.8 Å². The molecule has 0 spiro atoms. The molecule has 0 aliphatic rings. The summed E-state index contributed by atoms with van der Waals surface area (Å²) in [7, 11) is 0. The van der Waals surface area contributed by atoms with E-state index in [2.05, 4.69) is 22.1 Å². The van der Waals surface area contributed by atoms with Crippen LogP contribution in [0.4, 0.5) is 0 Å². The first-order valence-corrected chi connectivity index (χ1v) is 15.9. The number of pyridine rings is 2. The first-order chi connectivity index (χ1) is 24.2. The minimum Gasteiger partial charge on any atom is -0.456 e. The van der Waals surface area contributed by atoms with Crippen LogP contribution < -0.4 is 0 Å². The first-order valence-electron chi connectivity index (χ1n) is 15.9. The molecule has 230 valence electrons. The fraction of sp³-hybridized carbons (Fsp3) is 0. The van der Waals surface area contributed by atoms with Crippen LogP contribution >= 0.6 is 0 Å². The lowest BCUT2D eigenvalue weighted by Crippen LogP contribution is -1.95. The van der Waals surface area contributed by atoms with Gasteiger partial charge in [-0.1, -0.05) is 72.8 Å². The standard InChI is InChI=1S/C42H26N6O/c1-3-9-27(10-4-1)33-13-7-15-37(45-33)41-43-23-21-35(47-41)29-17-19-39-31(25-29)32-26-30(18-20-40(32)49-39)36-22-24-44-42(48-36)38-16-8-14-34(46-38)28-11-5-2-6-12-28/h1-26H. The SMILES string of the molecule is c1ccc(-c2cccc(-c3nccc(-c4ccc5oc6ccc(-c7ccnc(-c8cccc(-c9ccccc9)n8)n7)cc6c5c4)n3)n2)cc1. The van der Waals surface area contributed by atoms with E-state index in [1.165, 1.54) is 0 Å². The Morgan fingerprint density at radius 1 is 0.327 bits per heavy atom. The minimum absolute atomic E-state index is 0.568. The number of rotatable bonds is 6. The van der Waals surface area contributed by atoms with Gasteiger partial charge in [0.1, 0.15) is 22.6 Å². The molecule has 5 heterocycles. The van der Waals surface area contributed by atoms with Crippen LogP contribution in [0.25, 0.3) is 90.0 Å². The number of furan rings is 1. The van der Waals surface area contributed by atoms with Crippen LogP contribution in [0.5, 0.6) is 0 Å². The highest BCUT2D eigenvalue weighted by molar-refractivity contribution is 6.07. The van der Waals surface area contributed by atoms with Gasteiger partial charge in [0.2, 0.25) is 0 Å². The van der Waals surface area contributed by atoms with Gasteiger partial charge in [0, 0.05) is 45.4 Å². The summed E-state index contributed by atoms with van der Waals surface area (Å²) in [5, 5.41) is 1.98. The zero-order valence-electron chi connectivity index (χ0n) is 26.1. The third-order valence-electron chi connectivity index (χ3n) is 8.47. The topological polar surface area (TPSA) is 90.5 Å². The monoisotopic (exact) mass is 630 g/mol. The van der Waals surface area contributed by atoms with Crippen molar-refractivity contribution in [2.45, 2.75) is 0 Å². The predicted octanol–water partition coefficient (Wildman–Crippen LogP) is 9.96. The fourth-order valence-electron chi connectivity index (χ4n) is 6.04. The molecule has 0 bridgehead atoms. The van der Waals surface area contributed by atoms with E-state index in [0.717, 1.165) is 67.0 Å². The minimum atomic E-state index is 0.568. The van der Waals surface area contributed by atoms with E-state index in [1.54, 1.807) is 12.4 Å². The highest BCUT2D eigenvalue weighted by atomic mass is 16.3. The summed E-state index contributed by atoms with van der Waals surface area (Å²) in [6.45, 7) is 0. The summed E-state index contributed by atoms with van der Waals surface area (Å²) in [6.07, 6.45) is 3.56. The van der Waals surface area contributed by atoms with Gasteiger partial charge in [0.15, 0.2) is 11.6 Å². The van der Waals surface area contributed by atoms with Crippen LogP contribution in [0, 0.1) is 0 Å². The number of aromatic nitrogens is 6. The second kappa shape index (κ2) is 12.1. The molecule has 0 radical (unpaired) electrons. The normalized spacial score (nSPS) is 11.3. The van der Waals surface area contributed by atoms with Crippen molar-refractivity contribution in [3.63, 3.8) is 0 Å². The lowest BCUT2D eigenvalue weighted by Gasteiger charge is -2.07. The van der Waals surface area contributed by atoms with Crippen molar-refractivity contribution < 1.29 is 4.42 Å². The Morgan fingerprint density at radius 2 is 0.755 bits per heavy atom. The highest BCUT2D eigenvalue weighted by Crippen LogP contribution is 2.35. The highest BCUT2D eigenvalue weighted by Gasteiger charge is 2.14. The Hall–Kier alpha value is -6.86. The number of hydrogen-bond acceptors (Lipinski definition) is 7. The molecule has 9 rings (SSSR count). The summed E-state index contributed by atoms with van der Waals surface area (Å²) >= 11 is 0. The van der Waals surface area contributed by atoms with Gasteiger partial charge in [-0.25, -0.2) is 29.9 Å². The molecule has 0 aliphatic carbocycles. The van der Waals surface area contributed by atoms with Gasteiger partial charge in [-0.2, -0.15) is 0 Å². The zero-order valence-corrected chi connectivity index (χ0v) is 26.1. The molecule has 0 fully saturated rings. The van der Waals surface area contributed by atoms with E-state index in [9.17, 15) is 0 Å². The maximum absolute atomic E-state index is 6.25. The summed E-state index contributed by atoms with van der Waals surface area (Å²) in [5.41, 5.74) is 10.4. The molecule has 0 saturated heterocycles. The molecule has 0 amide bonds. The second-order valence-corrected chi connectivity index (χ2v) is 11.6. The van der Waals surface area contributed by atoms with Crippen LogP contribution in [-0.2, 0) is 0 Å². The van der Waals surface area contributed by atoms with Crippen molar-refractivity contribution in [3.05, 3.63) is 158 Å². The first kappa shape index (κ1) is 28.4. The van der Waals surface area contributed by atoms with E-state index in [4.69, 9.17) is 24.4 Å². The summed E-state index contributed by atoms with van der Waals surface area (Å²) < 4.78 is 6.25. The van der Waals surface area contributed by atoms with Crippen LogP contribution in [0.3, 0.4) is 0 Å². The van der Waals surface area contributed by atoms with E-state index in [1.807, 2.05) is 133 Å². The quantitative estimate of drug-likeness (QED) is 0.181. The number of hydrogen-bond donors (Lipinski definition) is 0. The number of benzene rings is 4. The fourth-order valence-corrected chi connectivity index (χ4v) is 6.04. The molecule has 7 nitrogen and oxygen atoms in total. The van der Waals surface area contributed by atoms with E-state index in [-0.39, 0.29) is 0 Å². The van der Waals surface area contributed by atoms with Crippen molar-refractivity contribution in [2.75, 3.05) is 0 Å². The van der Waals surface area contributed by atoms with Gasteiger partial charge < -0.3 is 4.42 Å². The van der Waals surface area contributed by atoms with Crippen molar-refractivity contribution in [3.8, 4) is 68.1 Å². The second-order valence-electron chi connectivity index (χ2n) is 11.6. The third kappa shape index (κ3) is 5.49. The molecule has 0 atom stereocenters. The van der Waals surface area contributed by atoms with E-state index in [0.29, 0.717) is 23.0 Å². The average Bonchev–Trinajstić information content (AvgIpc) is 3.56. The lowest BCUT2D eigenvalue weighted by molar-refractivity contribution is 0.669. The largest absolute Gasteiger partial charge is 0.456 e. The molecule has 7 heteroatoms. The molecule has 9 aromatic rings. The smallest absolute Gasteiger partial charge is 0.178 e. The summed E-state index contributed by atoms with van der Waals surface area (Å²) in [4.78, 5) is 28.7. The molecule has 5 aromatic heterocycles. The lowest BCUT2D eigenvalue weighted by atomic mass is 10.0. The van der Waals surface area contributed by atoms with Crippen molar-refractivity contribution in [2.24, 2.45) is 0 Å². The van der Waals surface area contributed by atoms with Crippen molar-refractivity contribution in [1.82, 2.24) is 29.9 Å². The maximum atomic E-state index is 6.25. The molecule has 0 unspecified atom stereocenters. The van der Waals surface area contributed by atoms with Crippen LogP contribution in [0.2, 0.25) is 0 Å². The Labute approximate surface area is 281 Å². The Bertz CT molecular complexity index is 2440. The van der Waals surface area contributed by atoms with Crippen molar-refractivity contribution >= 4 is 21.9 Å². The van der Waals surface area contributed by atoms with Crippen molar-refractivity contribution in [1.29, 1.82) is 0 Å². The average molecular weight is 631 g/mol. The zero-order chi connectivity index (χ0) is 32.6. The van der Waals surface area contributed by atoms with Gasteiger partial charge in [0.25, 0.3) is 0 Å². The number of nitrogens with zero attached hydrogens (tertiary/aromatic N) is 6. The van der Waals surface area contributed by atoms with E-state index < -0.39 is 0 Å². The maximum Gasteiger partial charge on any atom is 0.178 e. The molecule has 0 N–H and O–H groups in total. The number of fused-ring (bicyclic) bond motifs is 3. The van der Waals surface area contributed by atoms with Gasteiger partial charge in [0.05, 0.1) is 22.8 Å². The molecule has 0 saturated carbocycles. The van der Waals surface area contributed by atoms with Crippen LogP contribution in [0.1, 0.15) is 0 Å². The Morgan fingerprint density at radius 3 is 1.22 bits per heavy atom. The van der Waals surface area contributed by atoms with Crippen LogP contribution in [-0.4, -0.2) is 29.9 Å². The Balaban J connectivity index is 1.06. The van der Waals surface area contributed by atoms with E-state index >= 15 is 0 Å². The summed E-state index contributed by atoms with van der Waals surface area (Å²) in [5.74, 6) is 1.14. The molecular formula is C42H26N6O. The van der Waals surface area contributed by atoms with Gasteiger partial charge >= 0.3 is 0 Å².